The summed E-state index contributed by atoms with van der Waals surface area (Å²) in [6.07, 6.45) is 1.09. The van der Waals surface area contributed by atoms with Crippen LogP contribution in [0.15, 0.2) is 24.3 Å². The van der Waals surface area contributed by atoms with Crippen LogP contribution in [-0.2, 0) is 4.74 Å². The lowest BCUT2D eigenvalue weighted by Gasteiger charge is -2.36. The molecule has 2 aliphatic rings. The van der Waals surface area contributed by atoms with Crippen LogP contribution in [0, 0.1) is 6.92 Å². The molecule has 1 aromatic carbocycles. The third-order valence-electron chi connectivity index (χ3n) is 4.93. The molecule has 2 atom stereocenters. The molecule has 2 aliphatic heterocycles. The fourth-order valence-electron chi connectivity index (χ4n) is 3.49. The lowest BCUT2D eigenvalue weighted by atomic mass is 10.0. The Morgan fingerprint density at radius 3 is 2.43 bits per heavy atom. The minimum atomic E-state index is -0.371. The smallest absolute Gasteiger partial charge is 0.253 e. The van der Waals surface area contributed by atoms with E-state index in [1.165, 1.54) is 0 Å². The van der Waals surface area contributed by atoms with Crippen LogP contribution < -0.4 is 0 Å². The van der Waals surface area contributed by atoms with Gasteiger partial charge in [0.15, 0.2) is 0 Å². The zero-order valence-electron chi connectivity index (χ0n) is 13.8. The number of aliphatic hydroxyl groups is 1. The molecular formula is C18H26N2O3. The molecule has 126 valence electrons. The van der Waals surface area contributed by atoms with E-state index in [1.54, 1.807) is 0 Å². The maximum absolute atomic E-state index is 12.7. The van der Waals surface area contributed by atoms with Gasteiger partial charge in [0.2, 0.25) is 0 Å². The van der Waals surface area contributed by atoms with Gasteiger partial charge in [-0.1, -0.05) is 17.7 Å². The van der Waals surface area contributed by atoms with E-state index >= 15 is 0 Å². The number of aryl methyl sites for hydroxylation is 1. The van der Waals surface area contributed by atoms with Crippen molar-refractivity contribution in [1.82, 2.24) is 9.80 Å². The van der Waals surface area contributed by atoms with Gasteiger partial charge in [0.25, 0.3) is 5.91 Å². The molecule has 0 radical (unpaired) electrons. The fourth-order valence-corrected chi connectivity index (χ4v) is 3.49. The third-order valence-corrected chi connectivity index (χ3v) is 4.93. The molecule has 2 heterocycles. The van der Waals surface area contributed by atoms with Crippen molar-refractivity contribution in [2.24, 2.45) is 0 Å². The van der Waals surface area contributed by atoms with E-state index in [4.69, 9.17) is 4.74 Å². The molecule has 1 amide bonds. The van der Waals surface area contributed by atoms with E-state index in [2.05, 4.69) is 4.90 Å². The number of aliphatic hydroxyl groups excluding tert-OH is 1. The quantitative estimate of drug-likeness (QED) is 0.893. The number of amides is 1. The molecule has 5 heteroatoms. The topological polar surface area (TPSA) is 53.0 Å². The lowest BCUT2D eigenvalue weighted by molar-refractivity contribution is -0.0222. The van der Waals surface area contributed by atoms with Crippen molar-refractivity contribution in [3.05, 3.63) is 35.4 Å². The van der Waals surface area contributed by atoms with Crippen LogP contribution in [0.1, 0.15) is 28.8 Å². The average Bonchev–Trinajstić information content (AvgIpc) is 2.77. The summed E-state index contributed by atoms with van der Waals surface area (Å²) in [5.41, 5.74) is 1.88. The Labute approximate surface area is 137 Å². The van der Waals surface area contributed by atoms with Crippen LogP contribution in [0.5, 0.6) is 0 Å². The van der Waals surface area contributed by atoms with Crippen molar-refractivity contribution in [1.29, 1.82) is 0 Å². The van der Waals surface area contributed by atoms with Crippen molar-refractivity contribution in [2.75, 3.05) is 39.4 Å². The summed E-state index contributed by atoms with van der Waals surface area (Å²) in [5.74, 6) is 0.0693. The number of ether oxygens (including phenoxy) is 1. The zero-order chi connectivity index (χ0) is 16.2. The van der Waals surface area contributed by atoms with Gasteiger partial charge in [0, 0.05) is 37.8 Å². The van der Waals surface area contributed by atoms with Gasteiger partial charge in [-0.05, 0) is 31.9 Å². The Morgan fingerprint density at radius 1 is 1.09 bits per heavy atom. The summed E-state index contributed by atoms with van der Waals surface area (Å²) in [4.78, 5) is 16.9. The van der Waals surface area contributed by atoms with E-state index in [9.17, 15) is 9.90 Å². The van der Waals surface area contributed by atoms with E-state index in [0.717, 1.165) is 43.9 Å². The highest BCUT2D eigenvalue weighted by Crippen LogP contribution is 2.20. The van der Waals surface area contributed by atoms with Crippen molar-refractivity contribution in [2.45, 2.75) is 31.9 Å². The van der Waals surface area contributed by atoms with E-state index < -0.39 is 0 Å². The number of nitrogens with zero attached hydrogens (tertiary/aromatic N) is 2. The number of benzene rings is 1. The molecule has 0 unspecified atom stereocenters. The second-order valence-electron chi connectivity index (χ2n) is 6.52. The first-order chi connectivity index (χ1) is 11.1. The Balaban J connectivity index is 1.64. The van der Waals surface area contributed by atoms with Crippen LogP contribution in [0.25, 0.3) is 0 Å². The molecule has 0 bridgehead atoms. The molecular weight excluding hydrogens is 292 g/mol. The maximum atomic E-state index is 12.7. The van der Waals surface area contributed by atoms with Gasteiger partial charge in [-0.25, -0.2) is 0 Å². The molecule has 23 heavy (non-hydrogen) atoms. The number of carbonyl (C=O) groups excluding carboxylic acids is 1. The standard InChI is InChI=1S/C18H26N2O3/c1-14-2-4-15(5-3-14)18(22)20-8-6-16(17(21)7-9-20)19-10-12-23-13-11-19/h2-5,16-17,21H,6-13H2,1H3/t16-,17-/m0/s1. The minimum Gasteiger partial charge on any atom is -0.391 e. The van der Waals surface area contributed by atoms with Gasteiger partial charge < -0.3 is 14.7 Å². The summed E-state index contributed by atoms with van der Waals surface area (Å²) >= 11 is 0. The number of hydrogen-bond acceptors (Lipinski definition) is 4. The van der Waals surface area contributed by atoms with Gasteiger partial charge in [0.05, 0.1) is 19.3 Å². The van der Waals surface area contributed by atoms with Crippen molar-refractivity contribution in [3.63, 3.8) is 0 Å². The Kier molecular flexibility index (Phi) is 5.30. The second kappa shape index (κ2) is 7.43. The van der Waals surface area contributed by atoms with E-state index in [1.807, 2.05) is 36.1 Å². The number of carbonyl (C=O) groups is 1. The summed E-state index contributed by atoms with van der Waals surface area (Å²) in [6.45, 7) is 6.54. The van der Waals surface area contributed by atoms with Crippen molar-refractivity contribution in [3.8, 4) is 0 Å². The summed E-state index contributed by atoms with van der Waals surface area (Å²) in [6, 6.07) is 7.85. The van der Waals surface area contributed by atoms with Crippen LogP contribution in [0.2, 0.25) is 0 Å². The van der Waals surface area contributed by atoms with Gasteiger partial charge in [-0.15, -0.1) is 0 Å². The number of morpholine rings is 1. The minimum absolute atomic E-state index is 0.0693. The largest absolute Gasteiger partial charge is 0.391 e. The van der Waals surface area contributed by atoms with Crippen LogP contribution in [-0.4, -0.2) is 72.4 Å². The monoisotopic (exact) mass is 318 g/mol. The van der Waals surface area contributed by atoms with Crippen molar-refractivity contribution < 1.29 is 14.6 Å². The maximum Gasteiger partial charge on any atom is 0.253 e. The first kappa shape index (κ1) is 16.4. The summed E-state index contributed by atoms with van der Waals surface area (Å²) in [7, 11) is 0. The highest BCUT2D eigenvalue weighted by atomic mass is 16.5. The number of likely N-dealkylation sites (tertiary alicyclic amines) is 1. The van der Waals surface area contributed by atoms with Gasteiger partial charge >= 0.3 is 0 Å². The van der Waals surface area contributed by atoms with Crippen LogP contribution in [0.4, 0.5) is 0 Å². The Morgan fingerprint density at radius 2 is 1.74 bits per heavy atom. The molecule has 1 N–H and O–H groups in total. The normalized spacial score (nSPS) is 26.8. The predicted molar refractivity (Wildman–Crippen MR) is 88.5 cm³/mol. The fraction of sp³-hybridized carbons (Fsp3) is 0.611. The molecule has 5 nitrogen and oxygen atoms in total. The SMILES string of the molecule is Cc1ccc(C(=O)N2CC[C@H](O)[C@@H](N3CCOCC3)CC2)cc1. The first-order valence-corrected chi connectivity index (χ1v) is 8.51. The van der Waals surface area contributed by atoms with Crippen LogP contribution in [0.3, 0.4) is 0 Å². The molecule has 0 spiro atoms. The molecule has 2 fully saturated rings. The molecule has 0 aromatic heterocycles. The highest BCUT2D eigenvalue weighted by molar-refractivity contribution is 5.94. The number of rotatable bonds is 2. The third kappa shape index (κ3) is 3.91. The molecule has 0 saturated carbocycles. The zero-order valence-corrected chi connectivity index (χ0v) is 13.8. The van der Waals surface area contributed by atoms with E-state index in [-0.39, 0.29) is 18.1 Å². The Hall–Kier alpha value is -1.43. The molecule has 3 rings (SSSR count). The van der Waals surface area contributed by atoms with Gasteiger partial charge in [-0.2, -0.15) is 0 Å². The summed E-state index contributed by atoms with van der Waals surface area (Å²) in [5, 5.41) is 10.5. The second-order valence-corrected chi connectivity index (χ2v) is 6.52. The summed E-state index contributed by atoms with van der Waals surface area (Å²) < 4.78 is 5.40. The average molecular weight is 318 g/mol. The molecule has 2 saturated heterocycles. The first-order valence-electron chi connectivity index (χ1n) is 8.51. The van der Waals surface area contributed by atoms with Crippen LogP contribution >= 0.6 is 0 Å². The molecule has 1 aromatic rings. The van der Waals surface area contributed by atoms with E-state index in [0.29, 0.717) is 19.5 Å². The van der Waals surface area contributed by atoms with Crippen molar-refractivity contribution >= 4 is 5.91 Å². The van der Waals surface area contributed by atoms with Gasteiger partial charge in [-0.3, -0.25) is 9.69 Å². The Bertz CT molecular complexity index is 526. The predicted octanol–water partition coefficient (Wildman–Crippen LogP) is 1.29. The molecule has 0 aliphatic carbocycles. The highest BCUT2D eigenvalue weighted by Gasteiger charge is 2.31. The number of hydrogen-bond donors (Lipinski definition) is 1. The van der Waals surface area contributed by atoms with Gasteiger partial charge in [0.1, 0.15) is 0 Å². The lowest BCUT2D eigenvalue weighted by Crippen LogP contribution is -2.49.